The van der Waals surface area contributed by atoms with Gasteiger partial charge in [0.15, 0.2) is 9.84 Å². The molecule has 1 rings (SSSR count). The summed E-state index contributed by atoms with van der Waals surface area (Å²) in [5, 5.41) is -0.761. The minimum atomic E-state index is -3.61. The van der Waals surface area contributed by atoms with E-state index < -0.39 is 26.8 Å². The molecule has 0 amide bonds. The van der Waals surface area contributed by atoms with E-state index in [4.69, 9.17) is 10.5 Å². The minimum absolute atomic E-state index is 0.168. The van der Waals surface area contributed by atoms with Crippen LogP contribution in [0.4, 0.5) is 0 Å². The lowest BCUT2D eigenvalue weighted by Gasteiger charge is -2.16. The number of nitrogens with two attached hydrogens (primary N) is 1. The van der Waals surface area contributed by atoms with Crippen molar-refractivity contribution in [2.45, 2.75) is 18.6 Å². The highest BCUT2D eigenvalue weighted by Crippen LogP contribution is 2.26. The van der Waals surface area contributed by atoms with Crippen LogP contribution in [0.2, 0.25) is 0 Å². The Hall–Kier alpha value is -1.40. The van der Waals surface area contributed by atoms with Crippen molar-refractivity contribution in [3.05, 3.63) is 35.9 Å². The van der Waals surface area contributed by atoms with Crippen molar-refractivity contribution >= 4 is 15.8 Å². The molecular formula is C13H19NO4S. The van der Waals surface area contributed by atoms with Crippen LogP contribution in [0.25, 0.3) is 0 Å². The van der Waals surface area contributed by atoms with Gasteiger partial charge in [-0.05, 0) is 25.5 Å². The largest absolute Gasteiger partial charge is 0.465 e. The van der Waals surface area contributed by atoms with Gasteiger partial charge in [-0.2, -0.15) is 0 Å². The summed E-state index contributed by atoms with van der Waals surface area (Å²) in [5.41, 5.74) is 6.12. The Morgan fingerprint density at radius 1 is 1.32 bits per heavy atom. The second-order valence-electron chi connectivity index (χ2n) is 4.09. The third-order valence-corrected chi connectivity index (χ3v) is 4.67. The molecule has 1 unspecified atom stereocenters. The van der Waals surface area contributed by atoms with Crippen molar-refractivity contribution in [2.75, 3.05) is 18.9 Å². The van der Waals surface area contributed by atoms with Crippen LogP contribution in [0.5, 0.6) is 0 Å². The van der Waals surface area contributed by atoms with Crippen LogP contribution in [0, 0.1) is 0 Å². The number of carbonyl (C=O) groups is 1. The van der Waals surface area contributed by atoms with Gasteiger partial charge in [-0.3, -0.25) is 4.79 Å². The zero-order valence-electron chi connectivity index (χ0n) is 10.9. The SMILES string of the molecule is CCOC(=O)CS(=O)(=O)C(CCN)c1ccccc1. The van der Waals surface area contributed by atoms with Crippen LogP contribution in [-0.4, -0.2) is 33.3 Å². The normalized spacial score (nSPS) is 12.9. The van der Waals surface area contributed by atoms with Gasteiger partial charge in [0, 0.05) is 0 Å². The number of carbonyl (C=O) groups excluding carboxylic acids is 1. The second kappa shape index (κ2) is 7.25. The lowest BCUT2D eigenvalue weighted by Crippen LogP contribution is -2.25. The third kappa shape index (κ3) is 4.65. The van der Waals surface area contributed by atoms with Crippen LogP contribution in [0.1, 0.15) is 24.2 Å². The van der Waals surface area contributed by atoms with Gasteiger partial charge in [-0.25, -0.2) is 8.42 Å². The van der Waals surface area contributed by atoms with E-state index in [-0.39, 0.29) is 19.6 Å². The summed E-state index contributed by atoms with van der Waals surface area (Å²) in [6.07, 6.45) is 0.283. The van der Waals surface area contributed by atoms with Gasteiger partial charge in [0.1, 0.15) is 5.75 Å². The maximum atomic E-state index is 12.2. The lowest BCUT2D eigenvalue weighted by molar-refractivity contribution is -0.139. The summed E-state index contributed by atoms with van der Waals surface area (Å²) < 4.78 is 29.2. The maximum Gasteiger partial charge on any atom is 0.321 e. The van der Waals surface area contributed by atoms with Crippen LogP contribution in [0.15, 0.2) is 30.3 Å². The lowest BCUT2D eigenvalue weighted by atomic mass is 10.1. The molecule has 0 heterocycles. The van der Waals surface area contributed by atoms with Gasteiger partial charge >= 0.3 is 5.97 Å². The van der Waals surface area contributed by atoms with E-state index in [9.17, 15) is 13.2 Å². The standard InChI is InChI=1S/C13H19NO4S/c1-2-18-13(15)10-19(16,17)12(8-9-14)11-6-4-3-5-7-11/h3-7,12H,2,8-10,14H2,1H3. The monoisotopic (exact) mass is 285 g/mol. The van der Waals surface area contributed by atoms with Gasteiger partial charge in [0.2, 0.25) is 0 Å². The van der Waals surface area contributed by atoms with Crippen molar-refractivity contribution in [2.24, 2.45) is 5.73 Å². The van der Waals surface area contributed by atoms with Gasteiger partial charge < -0.3 is 10.5 Å². The first-order valence-corrected chi connectivity index (χ1v) is 7.85. The molecular weight excluding hydrogens is 266 g/mol. The van der Waals surface area contributed by atoms with E-state index >= 15 is 0 Å². The third-order valence-electron chi connectivity index (χ3n) is 2.66. The zero-order valence-corrected chi connectivity index (χ0v) is 11.7. The first kappa shape index (κ1) is 15.7. The molecule has 0 fully saturated rings. The molecule has 5 nitrogen and oxygen atoms in total. The predicted octanol–water partition coefficient (Wildman–Crippen LogP) is 1.05. The summed E-state index contributed by atoms with van der Waals surface area (Å²) in [5.74, 6) is -1.33. The quantitative estimate of drug-likeness (QED) is 0.757. The molecule has 1 atom stereocenters. The van der Waals surface area contributed by atoms with E-state index in [0.717, 1.165) is 0 Å². The van der Waals surface area contributed by atoms with Gasteiger partial charge in [0.05, 0.1) is 11.9 Å². The highest BCUT2D eigenvalue weighted by Gasteiger charge is 2.29. The molecule has 0 aromatic heterocycles. The molecule has 0 spiro atoms. The minimum Gasteiger partial charge on any atom is -0.465 e. The Morgan fingerprint density at radius 2 is 1.95 bits per heavy atom. The fourth-order valence-electron chi connectivity index (χ4n) is 1.84. The summed E-state index contributed by atoms with van der Waals surface area (Å²) in [7, 11) is -3.61. The summed E-state index contributed by atoms with van der Waals surface area (Å²) in [6.45, 7) is 2.04. The van der Waals surface area contributed by atoms with Crippen LogP contribution in [0.3, 0.4) is 0 Å². The molecule has 0 aliphatic rings. The average Bonchev–Trinajstić information content (AvgIpc) is 2.36. The first-order valence-electron chi connectivity index (χ1n) is 6.13. The second-order valence-corrected chi connectivity index (χ2v) is 6.27. The molecule has 6 heteroatoms. The Kier molecular flexibility index (Phi) is 5.98. The number of hydrogen-bond acceptors (Lipinski definition) is 5. The summed E-state index contributed by atoms with van der Waals surface area (Å²) in [4.78, 5) is 11.4. The highest BCUT2D eigenvalue weighted by molar-refractivity contribution is 7.92. The summed E-state index contributed by atoms with van der Waals surface area (Å²) in [6, 6.07) is 8.78. The van der Waals surface area contributed by atoms with Crippen LogP contribution in [-0.2, 0) is 19.4 Å². The molecule has 0 saturated heterocycles. The number of esters is 1. The van der Waals surface area contributed by atoms with Gasteiger partial charge in [0.25, 0.3) is 0 Å². The number of hydrogen-bond donors (Lipinski definition) is 1. The predicted molar refractivity (Wildman–Crippen MR) is 73.3 cm³/mol. The maximum absolute atomic E-state index is 12.2. The van der Waals surface area contributed by atoms with Crippen molar-refractivity contribution < 1.29 is 17.9 Å². The average molecular weight is 285 g/mol. The molecule has 106 valence electrons. The zero-order chi connectivity index (χ0) is 14.3. The smallest absolute Gasteiger partial charge is 0.321 e. The number of ether oxygens (including phenoxy) is 1. The molecule has 0 radical (unpaired) electrons. The number of benzene rings is 1. The Balaban J connectivity index is 2.95. The Morgan fingerprint density at radius 3 is 2.47 bits per heavy atom. The van der Waals surface area contributed by atoms with Crippen LogP contribution < -0.4 is 5.73 Å². The van der Waals surface area contributed by atoms with Crippen molar-refractivity contribution in [3.63, 3.8) is 0 Å². The molecule has 0 aliphatic carbocycles. The fourth-order valence-corrected chi connectivity index (χ4v) is 3.52. The van der Waals surface area contributed by atoms with Crippen molar-refractivity contribution in [1.29, 1.82) is 0 Å². The van der Waals surface area contributed by atoms with E-state index in [1.807, 2.05) is 0 Å². The topological polar surface area (TPSA) is 86.5 Å². The molecule has 19 heavy (non-hydrogen) atoms. The first-order chi connectivity index (χ1) is 9.01. The fraction of sp³-hybridized carbons (Fsp3) is 0.462. The molecule has 1 aromatic rings. The van der Waals surface area contributed by atoms with Crippen molar-refractivity contribution in [3.8, 4) is 0 Å². The Labute approximate surface area is 113 Å². The molecule has 1 aromatic carbocycles. The van der Waals surface area contributed by atoms with Gasteiger partial charge in [-0.15, -0.1) is 0 Å². The van der Waals surface area contributed by atoms with E-state index in [0.29, 0.717) is 5.56 Å². The molecule has 0 saturated carbocycles. The van der Waals surface area contributed by atoms with E-state index in [1.165, 1.54) is 0 Å². The van der Waals surface area contributed by atoms with Crippen LogP contribution >= 0.6 is 0 Å². The molecule has 2 N–H and O–H groups in total. The van der Waals surface area contributed by atoms with E-state index in [2.05, 4.69) is 0 Å². The van der Waals surface area contributed by atoms with Gasteiger partial charge in [-0.1, -0.05) is 30.3 Å². The highest BCUT2D eigenvalue weighted by atomic mass is 32.2. The number of rotatable bonds is 7. The Bertz CT molecular complexity index is 499. The molecule has 0 aliphatic heterocycles. The number of sulfone groups is 1. The van der Waals surface area contributed by atoms with E-state index in [1.54, 1.807) is 37.3 Å². The summed E-state index contributed by atoms with van der Waals surface area (Å²) >= 11 is 0. The van der Waals surface area contributed by atoms with Crippen molar-refractivity contribution in [1.82, 2.24) is 0 Å². The molecule has 0 bridgehead atoms.